The van der Waals surface area contributed by atoms with Gasteiger partial charge in [0.1, 0.15) is 0 Å². The van der Waals surface area contributed by atoms with Crippen molar-refractivity contribution in [2.45, 2.75) is 27.3 Å². The van der Waals surface area contributed by atoms with Crippen LogP contribution >= 0.6 is 0 Å². The maximum atomic E-state index is 12.4. The fraction of sp³-hybridized carbons (Fsp3) is 0.278. The number of ether oxygens (including phenoxy) is 1. The van der Waals surface area contributed by atoms with E-state index in [1.54, 1.807) is 25.3 Å². The van der Waals surface area contributed by atoms with Crippen LogP contribution in [0, 0.1) is 13.8 Å². The first-order chi connectivity index (χ1) is 11.5. The molecule has 0 saturated heterocycles. The summed E-state index contributed by atoms with van der Waals surface area (Å²) in [6, 6.07) is 9.04. The number of alkyl carbamates (subject to hydrolysis) is 1. The van der Waals surface area contributed by atoms with Crippen molar-refractivity contribution < 1.29 is 14.3 Å². The summed E-state index contributed by atoms with van der Waals surface area (Å²) in [5.41, 5.74) is 3.98. The molecule has 1 aromatic carbocycles. The van der Waals surface area contributed by atoms with Gasteiger partial charge in [-0.15, -0.1) is 0 Å². The van der Waals surface area contributed by atoms with Gasteiger partial charge in [-0.3, -0.25) is 9.78 Å². The van der Waals surface area contributed by atoms with Crippen molar-refractivity contribution in [1.29, 1.82) is 0 Å². The third kappa shape index (κ3) is 4.55. The fourth-order valence-electron chi connectivity index (χ4n) is 2.14. The minimum Gasteiger partial charge on any atom is -0.450 e. The van der Waals surface area contributed by atoms with Gasteiger partial charge in [0.25, 0.3) is 5.91 Å². The molecule has 0 fully saturated rings. The summed E-state index contributed by atoms with van der Waals surface area (Å²) in [6.07, 6.45) is 1.03. The first kappa shape index (κ1) is 17.5. The number of aryl methyl sites for hydroxylation is 1. The van der Waals surface area contributed by atoms with Gasteiger partial charge in [-0.2, -0.15) is 0 Å². The van der Waals surface area contributed by atoms with E-state index >= 15 is 0 Å². The highest BCUT2D eigenvalue weighted by Crippen LogP contribution is 2.18. The highest BCUT2D eigenvalue weighted by atomic mass is 16.5. The molecule has 0 bridgehead atoms. The van der Waals surface area contributed by atoms with Gasteiger partial charge in [-0.05, 0) is 50.1 Å². The molecule has 2 amide bonds. The summed E-state index contributed by atoms with van der Waals surface area (Å²) in [6.45, 7) is 6.19. The number of hydrogen-bond donors (Lipinski definition) is 2. The molecule has 24 heavy (non-hydrogen) atoms. The number of carbonyl (C=O) groups is 2. The molecule has 0 aliphatic rings. The third-order valence-corrected chi connectivity index (χ3v) is 3.62. The number of rotatable bonds is 5. The highest BCUT2D eigenvalue weighted by molar-refractivity contribution is 6.04. The van der Waals surface area contributed by atoms with Crippen molar-refractivity contribution in [3.8, 4) is 0 Å². The molecule has 2 rings (SSSR count). The van der Waals surface area contributed by atoms with Crippen LogP contribution in [0.25, 0.3) is 0 Å². The average Bonchev–Trinajstić information content (AvgIpc) is 2.57. The first-order valence-electron chi connectivity index (χ1n) is 7.74. The van der Waals surface area contributed by atoms with Crippen LogP contribution in [-0.4, -0.2) is 23.6 Å². The lowest BCUT2D eigenvalue weighted by Gasteiger charge is -2.11. The van der Waals surface area contributed by atoms with Gasteiger partial charge in [0.15, 0.2) is 0 Å². The van der Waals surface area contributed by atoms with Crippen LogP contribution in [0.1, 0.15) is 34.1 Å². The Bertz CT molecular complexity index is 744. The van der Waals surface area contributed by atoms with Crippen molar-refractivity contribution in [3.63, 3.8) is 0 Å². The molecule has 1 aromatic heterocycles. The van der Waals surface area contributed by atoms with Crippen LogP contribution in [0.4, 0.5) is 10.5 Å². The van der Waals surface area contributed by atoms with Crippen molar-refractivity contribution in [3.05, 3.63) is 58.9 Å². The Hall–Kier alpha value is -2.89. The number of pyridine rings is 1. The molecule has 0 saturated carbocycles. The predicted octanol–water partition coefficient (Wildman–Crippen LogP) is 3.20. The number of carbonyl (C=O) groups excluding carboxylic acids is 2. The van der Waals surface area contributed by atoms with E-state index in [0.717, 1.165) is 16.8 Å². The Balaban J connectivity index is 2.06. The van der Waals surface area contributed by atoms with Crippen LogP contribution in [-0.2, 0) is 11.3 Å². The number of aromatic nitrogens is 1. The fourth-order valence-corrected chi connectivity index (χ4v) is 2.14. The molecule has 0 atom stereocenters. The minimum atomic E-state index is -0.510. The molecule has 0 aliphatic heterocycles. The van der Waals surface area contributed by atoms with Gasteiger partial charge in [-0.25, -0.2) is 4.79 Å². The minimum absolute atomic E-state index is 0.198. The Labute approximate surface area is 141 Å². The van der Waals surface area contributed by atoms with E-state index in [9.17, 15) is 9.59 Å². The molecule has 126 valence electrons. The molecule has 6 nitrogen and oxygen atoms in total. The van der Waals surface area contributed by atoms with Crippen molar-refractivity contribution >= 4 is 17.7 Å². The summed E-state index contributed by atoms with van der Waals surface area (Å²) in [5.74, 6) is -0.219. The lowest BCUT2D eigenvalue weighted by atomic mass is 10.1. The topological polar surface area (TPSA) is 80.3 Å². The molecule has 0 unspecified atom stereocenters. The van der Waals surface area contributed by atoms with Crippen LogP contribution in [0.15, 0.2) is 36.5 Å². The number of nitrogens with zero attached hydrogens (tertiary/aromatic N) is 1. The summed E-state index contributed by atoms with van der Waals surface area (Å²) in [4.78, 5) is 27.9. The highest BCUT2D eigenvalue weighted by Gasteiger charge is 2.10. The number of benzene rings is 1. The van der Waals surface area contributed by atoms with Gasteiger partial charge >= 0.3 is 6.09 Å². The number of nitrogens with one attached hydrogen (secondary N) is 2. The number of hydrogen-bond acceptors (Lipinski definition) is 4. The first-order valence-corrected chi connectivity index (χ1v) is 7.74. The molecule has 6 heteroatoms. The van der Waals surface area contributed by atoms with E-state index < -0.39 is 6.09 Å². The second kappa shape index (κ2) is 8.10. The van der Waals surface area contributed by atoms with Crippen LogP contribution < -0.4 is 10.6 Å². The van der Waals surface area contributed by atoms with Gasteiger partial charge in [-0.1, -0.05) is 12.1 Å². The van der Waals surface area contributed by atoms with Gasteiger partial charge in [0, 0.05) is 17.4 Å². The molecule has 0 aliphatic carbocycles. The van der Waals surface area contributed by atoms with Crippen LogP contribution in [0.2, 0.25) is 0 Å². The number of anilines is 1. The van der Waals surface area contributed by atoms with Crippen molar-refractivity contribution in [1.82, 2.24) is 10.3 Å². The van der Waals surface area contributed by atoms with E-state index in [-0.39, 0.29) is 12.5 Å². The largest absolute Gasteiger partial charge is 0.450 e. The van der Waals surface area contributed by atoms with E-state index in [2.05, 4.69) is 15.6 Å². The predicted molar refractivity (Wildman–Crippen MR) is 92.0 cm³/mol. The van der Waals surface area contributed by atoms with E-state index in [1.807, 2.05) is 32.0 Å². The summed E-state index contributed by atoms with van der Waals surface area (Å²) in [7, 11) is 0. The Morgan fingerprint density at radius 3 is 2.75 bits per heavy atom. The molecule has 0 radical (unpaired) electrons. The quantitative estimate of drug-likeness (QED) is 0.884. The maximum Gasteiger partial charge on any atom is 0.407 e. The van der Waals surface area contributed by atoms with E-state index in [1.165, 1.54) is 0 Å². The molecular formula is C18H21N3O3. The van der Waals surface area contributed by atoms with Gasteiger partial charge in [0.2, 0.25) is 0 Å². The van der Waals surface area contributed by atoms with Crippen molar-refractivity contribution in [2.24, 2.45) is 0 Å². The molecule has 2 N–H and O–H groups in total. The van der Waals surface area contributed by atoms with Crippen molar-refractivity contribution in [2.75, 3.05) is 11.9 Å². The zero-order valence-corrected chi connectivity index (χ0v) is 14.1. The summed E-state index contributed by atoms with van der Waals surface area (Å²) in [5, 5.41) is 5.48. The van der Waals surface area contributed by atoms with Crippen LogP contribution in [0.5, 0.6) is 0 Å². The SMILES string of the molecule is CCOC(=O)NCc1cc(C(=O)Nc2cccc(C)c2C)ccn1. The Morgan fingerprint density at radius 2 is 2.00 bits per heavy atom. The Morgan fingerprint density at radius 1 is 1.21 bits per heavy atom. The zero-order valence-electron chi connectivity index (χ0n) is 14.1. The number of amides is 2. The molecule has 0 spiro atoms. The summed E-state index contributed by atoms with van der Waals surface area (Å²) >= 11 is 0. The third-order valence-electron chi connectivity index (χ3n) is 3.62. The smallest absolute Gasteiger partial charge is 0.407 e. The lowest BCUT2D eigenvalue weighted by molar-refractivity contribution is 0.102. The Kier molecular flexibility index (Phi) is 5.89. The zero-order chi connectivity index (χ0) is 17.5. The van der Waals surface area contributed by atoms with Gasteiger partial charge < -0.3 is 15.4 Å². The standard InChI is InChI=1S/C18H21N3O3/c1-4-24-18(23)20-11-15-10-14(8-9-19-15)17(22)21-16-7-5-6-12(2)13(16)3/h5-10H,4,11H2,1-3H3,(H,20,23)(H,21,22). The van der Waals surface area contributed by atoms with E-state index in [0.29, 0.717) is 17.9 Å². The summed E-state index contributed by atoms with van der Waals surface area (Å²) < 4.78 is 4.79. The molecule has 1 heterocycles. The van der Waals surface area contributed by atoms with E-state index in [4.69, 9.17) is 4.74 Å². The second-order valence-electron chi connectivity index (χ2n) is 5.31. The monoisotopic (exact) mass is 327 g/mol. The van der Waals surface area contributed by atoms with Gasteiger partial charge in [0.05, 0.1) is 18.8 Å². The molecule has 2 aromatic rings. The van der Waals surface area contributed by atoms with Crippen LogP contribution in [0.3, 0.4) is 0 Å². The molecular weight excluding hydrogens is 306 g/mol. The lowest BCUT2D eigenvalue weighted by Crippen LogP contribution is -2.24. The second-order valence-corrected chi connectivity index (χ2v) is 5.31. The normalized spacial score (nSPS) is 10.1. The maximum absolute atomic E-state index is 12.4. The average molecular weight is 327 g/mol.